The summed E-state index contributed by atoms with van der Waals surface area (Å²) in [6.45, 7) is 0. The van der Waals surface area contributed by atoms with E-state index in [1.807, 2.05) is 0 Å². The molecule has 0 aromatic carbocycles. The minimum atomic E-state index is -1.79. The quantitative estimate of drug-likeness (QED) is 0.375. The second-order valence-corrected chi connectivity index (χ2v) is 9.96. The Morgan fingerprint density at radius 3 is 1.50 bits per heavy atom. The molecule has 0 atom stereocenters. The fourth-order valence-corrected chi connectivity index (χ4v) is 0. The molecule has 0 bridgehead atoms. The van der Waals surface area contributed by atoms with Crippen molar-refractivity contribution in [2.75, 3.05) is 7.05 Å². The van der Waals surface area contributed by atoms with Crippen molar-refractivity contribution in [1.29, 1.82) is 0 Å². The molecule has 8 heavy (non-hydrogen) atoms. The van der Waals surface area contributed by atoms with E-state index < -0.39 is 20.1 Å². The molecule has 0 aromatic heterocycles. The first-order chi connectivity index (χ1) is 3.46. The zero-order valence-corrected chi connectivity index (χ0v) is 8.13. The van der Waals surface area contributed by atoms with Gasteiger partial charge in [0.1, 0.15) is 0 Å². The Bertz CT molecular complexity index is 61.5. The van der Waals surface area contributed by atoms with Gasteiger partial charge in [0.2, 0.25) is 0 Å². The van der Waals surface area contributed by atoms with Gasteiger partial charge >= 0.3 is 42.8 Å². The molecule has 0 amide bonds. The molecule has 3 nitrogen and oxygen atoms in total. The van der Waals surface area contributed by atoms with Crippen LogP contribution < -0.4 is 0 Å². The predicted octanol–water partition coefficient (Wildman–Crippen LogP) is 1.96. The maximum atomic E-state index is 8.81. The first-order valence-electron chi connectivity index (χ1n) is 1.15. The molecule has 0 saturated heterocycles. The van der Waals surface area contributed by atoms with Crippen molar-refractivity contribution in [1.82, 2.24) is 0 Å². The molecule has 0 aromatic rings. The van der Waals surface area contributed by atoms with E-state index in [1.54, 1.807) is 0 Å². The van der Waals surface area contributed by atoms with Crippen LogP contribution in [0.2, 0.25) is 0 Å². The van der Waals surface area contributed by atoms with E-state index in [2.05, 4.69) is 0 Å². The third kappa shape index (κ3) is 248. The Balaban J connectivity index is 0. The summed E-state index contributed by atoms with van der Waals surface area (Å²) in [5.41, 5.74) is 0. The summed E-state index contributed by atoms with van der Waals surface area (Å²) in [5.74, 6) is 0. The van der Waals surface area contributed by atoms with E-state index in [0.29, 0.717) is 0 Å². The van der Waals surface area contributed by atoms with Gasteiger partial charge in [-0.2, -0.15) is 0 Å². The van der Waals surface area contributed by atoms with Crippen molar-refractivity contribution in [3.63, 3.8) is 0 Å². The molecule has 0 heterocycles. The number of halogens is 3. The summed E-state index contributed by atoms with van der Waals surface area (Å²) < 4.78 is 0. The van der Waals surface area contributed by atoms with E-state index in [1.165, 1.54) is 0 Å². The average Bonchev–Trinajstić information content (AvgIpc) is 1.25. The third-order valence-electron chi connectivity index (χ3n) is 0. The van der Waals surface area contributed by atoms with Crippen LogP contribution in [0.5, 0.6) is 0 Å². The van der Waals surface area contributed by atoms with Gasteiger partial charge < -0.3 is 0 Å². The molecular weight excluding hydrogens is 361 g/mol. The SMILES string of the molecule is C[N+](=O)[O-].[Cl][Au]([Cl])[Cl]. The van der Waals surface area contributed by atoms with Crippen molar-refractivity contribution in [3.8, 4) is 0 Å². The van der Waals surface area contributed by atoms with Crippen molar-refractivity contribution >= 4 is 27.6 Å². The first-order valence-corrected chi connectivity index (χ1v) is 9.21. The summed E-state index contributed by atoms with van der Waals surface area (Å²) >= 11 is -1.79. The molecule has 0 N–H and O–H groups in total. The van der Waals surface area contributed by atoms with E-state index in [-0.39, 0.29) is 0 Å². The van der Waals surface area contributed by atoms with Gasteiger partial charge in [-0.25, -0.2) is 0 Å². The Morgan fingerprint density at radius 2 is 1.50 bits per heavy atom. The van der Waals surface area contributed by atoms with Crippen LogP contribution in [0, 0.1) is 10.1 Å². The molecule has 0 aliphatic rings. The molecule has 7 heteroatoms. The second-order valence-electron chi connectivity index (χ2n) is 0.569. The van der Waals surface area contributed by atoms with Crippen LogP contribution in [-0.4, -0.2) is 12.0 Å². The summed E-state index contributed by atoms with van der Waals surface area (Å²) in [5, 5.41) is 8.81. The number of nitro groups is 1. The van der Waals surface area contributed by atoms with Gasteiger partial charge in [-0.15, -0.1) is 0 Å². The van der Waals surface area contributed by atoms with Crippen molar-refractivity contribution in [2.24, 2.45) is 0 Å². The maximum absolute atomic E-state index is 8.81. The van der Waals surface area contributed by atoms with Crippen molar-refractivity contribution < 1.29 is 20.1 Å². The van der Waals surface area contributed by atoms with Crippen LogP contribution in [0.25, 0.3) is 0 Å². The van der Waals surface area contributed by atoms with E-state index in [9.17, 15) is 0 Å². The van der Waals surface area contributed by atoms with Gasteiger partial charge in [0, 0.05) is 4.92 Å². The standard InChI is InChI=1S/CH3NO2.Au.3ClH/c1-2(3)4;;;;/h1H3;;3*1H/q;+3;;;/p-3. The first kappa shape index (κ1) is 11.8. The van der Waals surface area contributed by atoms with Gasteiger partial charge in [-0.1, -0.05) is 0 Å². The molecule has 0 aliphatic heterocycles. The molecule has 0 aliphatic carbocycles. The van der Waals surface area contributed by atoms with Crippen LogP contribution in [0.3, 0.4) is 0 Å². The zero-order valence-electron chi connectivity index (χ0n) is 3.70. The topological polar surface area (TPSA) is 43.1 Å². The van der Waals surface area contributed by atoms with Gasteiger partial charge in [0.15, 0.2) is 7.05 Å². The molecule has 0 radical (unpaired) electrons. The molecule has 56 valence electrons. The fourth-order valence-electron chi connectivity index (χ4n) is 0. The summed E-state index contributed by atoms with van der Waals surface area (Å²) in [6.07, 6.45) is 0. The Labute approximate surface area is 64.7 Å². The Morgan fingerprint density at radius 1 is 1.50 bits per heavy atom. The van der Waals surface area contributed by atoms with Gasteiger partial charge in [-0.05, 0) is 0 Å². The number of rotatable bonds is 0. The van der Waals surface area contributed by atoms with E-state index >= 15 is 0 Å². The molecule has 0 rings (SSSR count). The van der Waals surface area contributed by atoms with Crippen LogP contribution >= 0.6 is 27.6 Å². The van der Waals surface area contributed by atoms with Crippen molar-refractivity contribution in [3.05, 3.63) is 10.1 Å². The third-order valence-corrected chi connectivity index (χ3v) is 0. The molecule has 0 unspecified atom stereocenters. The molecule has 0 spiro atoms. The Hall–Kier alpha value is 1.01. The number of nitrogens with zero attached hydrogens (tertiary/aromatic N) is 1. The molecule has 0 fully saturated rings. The van der Waals surface area contributed by atoms with E-state index in [0.717, 1.165) is 7.05 Å². The minimum absolute atomic E-state index is 0.500. The second kappa shape index (κ2) is 8.01. The summed E-state index contributed by atoms with van der Waals surface area (Å²) in [6, 6.07) is 0. The van der Waals surface area contributed by atoms with Crippen LogP contribution in [0.4, 0.5) is 0 Å². The fraction of sp³-hybridized carbons (Fsp3) is 1.00. The average molecular weight is 364 g/mol. The molecular formula is CH3AuCl3NO2. The summed E-state index contributed by atoms with van der Waals surface area (Å²) in [7, 11) is 15.7. The van der Waals surface area contributed by atoms with Crippen LogP contribution in [-0.2, 0) is 15.2 Å². The molecule has 0 saturated carbocycles. The van der Waals surface area contributed by atoms with Gasteiger partial charge in [-0.3, -0.25) is 10.1 Å². The predicted molar refractivity (Wildman–Crippen MR) is 30.5 cm³/mol. The van der Waals surface area contributed by atoms with Crippen LogP contribution in [0.15, 0.2) is 0 Å². The van der Waals surface area contributed by atoms with Crippen LogP contribution in [0.1, 0.15) is 0 Å². The summed E-state index contributed by atoms with van der Waals surface area (Å²) in [4.78, 5) is 8.31. The monoisotopic (exact) mass is 363 g/mol. The van der Waals surface area contributed by atoms with E-state index in [4.69, 9.17) is 37.7 Å². The Kier molecular flexibility index (Phi) is 11.8. The van der Waals surface area contributed by atoms with Gasteiger partial charge in [0.05, 0.1) is 0 Å². The zero-order chi connectivity index (χ0) is 7.15. The number of hydrogen-bond donors (Lipinski definition) is 0. The normalized spacial score (nSPS) is 8.75. The number of hydrogen-bond acceptors (Lipinski definition) is 2. The van der Waals surface area contributed by atoms with Gasteiger partial charge in [0.25, 0.3) is 0 Å². The van der Waals surface area contributed by atoms with Crippen molar-refractivity contribution in [2.45, 2.75) is 0 Å².